The van der Waals surface area contributed by atoms with Crippen LogP contribution in [0, 0.1) is 0 Å². The monoisotopic (exact) mass is 497 g/mol. The van der Waals surface area contributed by atoms with Crippen molar-refractivity contribution in [2.75, 3.05) is 37.1 Å². The maximum absolute atomic E-state index is 12.8. The highest BCUT2D eigenvalue weighted by Crippen LogP contribution is 2.27. The average Bonchev–Trinajstić information content (AvgIpc) is 2.83. The molecule has 9 nitrogen and oxygen atoms in total. The van der Waals surface area contributed by atoms with Gasteiger partial charge in [-0.15, -0.1) is 0 Å². The Kier molecular flexibility index (Phi) is 8.32. The summed E-state index contributed by atoms with van der Waals surface area (Å²) >= 11 is 0. The highest BCUT2D eigenvalue weighted by atomic mass is 32.2. The lowest BCUT2D eigenvalue weighted by Gasteiger charge is -2.13. The Morgan fingerprint density at radius 3 is 2.20 bits per heavy atom. The van der Waals surface area contributed by atoms with E-state index in [0.717, 1.165) is 11.8 Å². The summed E-state index contributed by atoms with van der Waals surface area (Å²) in [5, 5.41) is 5.61. The maximum atomic E-state index is 12.8. The molecular weight excluding hydrogens is 470 g/mol. The Bertz CT molecular complexity index is 1310. The largest absolute Gasteiger partial charge is 0.493 e. The zero-order valence-corrected chi connectivity index (χ0v) is 20.4. The number of ether oxygens (including phenoxy) is 2. The Hall–Kier alpha value is -4.05. The van der Waals surface area contributed by atoms with Crippen LogP contribution in [-0.4, -0.2) is 47.3 Å². The maximum Gasteiger partial charge on any atom is 0.255 e. The van der Waals surface area contributed by atoms with Crippen LogP contribution in [0.4, 0.5) is 11.4 Å². The Morgan fingerprint density at radius 1 is 0.857 bits per heavy atom. The second kappa shape index (κ2) is 11.4. The number of methoxy groups -OCH3 is 2. The van der Waals surface area contributed by atoms with E-state index in [9.17, 15) is 18.0 Å². The molecule has 0 saturated heterocycles. The normalized spacial score (nSPS) is 10.8. The van der Waals surface area contributed by atoms with Crippen LogP contribution in [0.5, 0.6) is 11.5 Å². The van der Waals surface area contributed by atoms with Crippen molar-refractivity contribution in [2.24, 2.45) is 0 Å². The zero-order chi connectivity index (χ0) is 25.4. The molecule has 2 amide bonds. The van der Waals surface area contributed by atoms with Gasteiger partial charge in [-0.2, -0.15) is 0 Å². The van der Waals surface area contributed by atoms with Gasteiger partial charge in [0.05, 0.1) is 31.7 Å². The number of carbonyl (C=O) groups excluding carboxylic acids is 2. The lowest BCUT2D eigenvalue weighted by Crippen LogP contribution is -2.27. The van der Waals surface area contributed by atoms with Gasteiger partial charge in [-0.3, -0.25) is 14.3 Å². The van der Waals surface area contributed by atoms with Crippen LogP contribution in [0.25, 0.3) is 0 Å². The van der Waals surface area contributed by atoms with Gasteiger partial charge in [0.1, 0.15) is 0 Å². The fraction of sp³-hybridized carbons (Fsp3) is 0.200. The minimum Gasteiger partial charge on any atom is -0.493 e. The van der Waals surface area contributed by atoms with Gasteiger partial charge in [-0.25, -0.2) is 8.42 Å². The van der Waals surface area contributed by atoms with E-state index in [2.05, 4.69) is 15.4 Å². The molecular formula is C25H27N3O6S. The minimum atomic E-state index is -3.41. The summed E-state index contributed by atoms with van der Waals surface area (Å²) in [6.45, 7) is 0.380. The number of sulfonamides is 1. The quantitative estimate of drug-likeness (QED) is 0.395. The summed E-state index contributed by atoms with van der Waals surface area (Å²) in [5.74, 6) is 0.492. The second-order valence-electron chi connectivity index (χ2n) is 7.65. The van der Waals surface area contributed by atoms with Gasteiger partial charge in [0, 0.05) is 17.8 Å². The van der Waals surface area contributed by atoms with Gasteiger partial charge >= 0.3 is 0 Å². The number of carbonyl (C=O) groups is 2. The average molecular weight is 498 g/mol. The third-order valence-corrected chi connectivity index (χ3v) is 5.62. The zero-order valence-electron chi connectivity index (χ0n) is 19.6. The first kappa shape index (κ1) is 25.6. The summed E-state index contributed by atoms with van der Waals surface area (Å²) in [7, 11) is -0.279. The number of hydrogen-bond donors (Lipinski definition) is 3. The first-order chi connectivity index (χ1) is 16.7. The van der Waals surface area contributed by atoms with E-state index < -0.39 is 15.9 Å². The number of nitrogens with one attached hydrogen (secondary N) is 3. The SMILES string of the molecule is COc1ccc(CCNC(=O)c2ccccc2NC(=O)c2ccc(NS(C)(=O)=O)cc2)cc1OC. The van der Waals surface area contributed by atoms with Crippen molar-refractivity contribution in [2.45, 2.75) is 6.42 Å². The molecule has 3 aromatic carbocycles. The van der Waals surface area contributed by atoms with E-state index >= 15 is 0 Å². The van der Waals surface area contributed by atoms with Crippen LogP contribution in [0.1, 0.15) is 26.3 Å². The summed E-state index contributed by atoms with van der Waals surface area (Å²) in [4.78, 5) is 25.5. The van der Waals surface area contributed by atoms with Crippen molar-refractivity contribution in [3.63, 3.8) is 0 Å². The summed E-state index contributed by atoms with van der Waals surface area (Å²) in [6.07, 6.45) is 1.62. The van der Waals surface area contributed by atoms with Crippen molar-refractivity contribution >= 4 is 33.2 Å². The minimum absolute atomic E-state index is 0.313. The summed E-state index contributed by atoms with van der Waals surface area (Å²) in [6, 6.07) is 18.2. The van der Waals surface area contributed by atoms with E-state index in [1.165, 1.54) is 24.3 Å². The smallest absolute Gasteiger partial charge is 0.255 e. The van der Waals surface area contributed by atoms with E-state index in [1.807, 2.05) is 18.2 Å². The van der Waals surface area contributed by atoms with Gasteiger partial charge in [-0.05, 0) is 60.5 Å². The second-order valence-corrected chi connectivity index (χ2v) is 9.39. The molecule has 3 aromatic rings. The van der Waals surface area contributed by atoms with Gasteiger partial charge < -0.3 is 20.1 Å². The van der Waals surface area contributed by atoms with Crippen molar-refractivity contribution in [3.8, 4) is 11.5 Å². The van der Waals surface area contributed by atoms with E-state index in [1.54, 1.807) is 38.5 Å². The highest BCUT2D eigenvalue weighted by Gasteiger charge is 2.14. The molecule has 0 fully saturated rings. The van der Waals surface area contributed by atoms with Gasteiger partial charge in [0.15, 0.2) is 11.5 Å². The Morgan fingerprint density at radius 2 is 1.54 bits per heavy atom. The molecule has 0 aliphatic rings. The lowest BCUT2D eigenvalue weighted by atomic mass is 10.1. The van der Waals surface area contributed by atoms with Crippen LogP contribution in [0.15, 0.2) is 66.7 Å². The van der Waals surface area contributed by atoms with Gasteiger partial charge in [0.25, 0.3) is 11.8 Å². The molecule has 0 aliphatic heterocycles. The van der Waals surface area contributed by atoms with Crippen LogP contribution >= 0.6 is 0 Å². The fourth-order valence-corrected chi connectivity index (χ4v) is 3.90. The highest BCUT2D eigenvalue weighted by molar-refractivity contribution is 7.92. The molecule has 0 heterocycles. The molecule has 3 rings (SSSR count). The number of anilines is 2. The first-order valence-corrected chi connectivity index (χ1v) is 12.6. The Balaban J connectivity index is 1.63. The van der Waals surface area contributed by atoms with Crippen molar-refractivity contribution in [1.29, 1.82) is 0 Å². The van der Waals surface area contributed by atoms with Crippen LogP contribution in [0.3, 0.4) is 0 Å². The van der Waals surface area contributed by atoms with Gasteiger partial charge in [-0.1, -0.05) is 18.2 Å². The van der Waals surface area contributed by atoms with Crippen molar-refractivity contribution < 1.29 is 27.5 Å². The van der Waals surface area contributed by atoms with Crippen molar-refractivity contribution in [3.05, 3.63) is 83.4 Å². The number of rotatable bonds is 10. The molecule has 0 saturated carbocycles. The van der Waals surface area contributed by atoms with Crippen molar-refractivity contribution in [1.82, 2.24) is 5.32 Å². The van der Waals surface area contributed by atoms with Crippen LogP contribution in [0.2, 0.25) is 0 Å². The molecule has 0 aromatic heterocycles. The molecule has 0 radical (unpaired) electrons. The lowest BCUT2D eigenvalue weighted by molar-refractivity contribution is 0.0955. The molecule has 0 spiro atoms. The summed E-state index contributed by atoms with van der Waals surface area (Å²) < 4.78 is 35.6. The Labute approximate surface area is 204 Å². The summed E-state index contributed by atoms with van der Waals surface area (Å²) in [5.41, 5.74) is 2.31. The number of benzene rings is 3. The third kappa shape index (κ3) is 7.21. The molecule has 35 heavy (non-hydrogen) atoms. The molecule has 0 atom stereocenters. The van der Waals surface area contributed by atoms with E-state index in [4.69, 9.17) is 9.47 Å². The molecule has 184 valence electrons. The molecule has 10 heteroatoms. The number of amides is 2. The predicted molar refractivity (Wildman–Crippen MR) is 135 cm³/mol. The fourth-order valence-electron chi connectivity index (χ4n) is 3.34. The van der Waals surface area contributed by atoms with E-state index in [-0.39, 0.29) is 5.91 Å². The number of para-hydroxylation sites is 1. The molecule has 0 aliphatic carbocycles. The molecule has 3 N–H and O–H groups in total. The standard InChI is InChI=1S/C25H27N3O6S/c1-33-22-13-8-17(16-23(22)34-2)14-15-26-25(30)20-6-4-5-7-21(20)27-24(29)18-9-11-19(12-10-18)28-35(3,31)32/h4-13,16,28H,14-15H2,1-3H3,(H,26,30)(H,27,29). The molecule has 0 unspecified atom stereocenters. The van der Waals surface area contributed by atoms with E-state index in [0.29, 0.717) is 47.0 Å². The van der Waals surface area contributed by atoms with Gasteiger partial charge in [0.2, 0.25) is 10.0 Å². The number of hydrogen-bond acceptors (Lipinski definition) is 6. The predicted octanol–water partition coefficient (Wildman–Crippen LogP) is 3.30. The third-order valence-electron chi connectivity index (χ3n) is 5.02. The first-order valence-electron chi connectivity index (χ1n) is 10.7. The molecule has 0 bridgehead atoms. The van der Waals surface area contributed by atoms with Crippen LogP contribution in [-0.2, 0) is 16.4 Å². The van der Waals surface area contributed by atoms with Crippen LogP contribution < -0.4 is 24.8 Å². The topological polar surface area (TPSA) is 123 Å².